The molecule has 0 unspecified atom stereocenters. The predicted molar refractivity (Wildman–Crippen MR) is 83.9 cm³/mol. The van der Waals surface area contributed by atoms with Gasteiger partial charge in [0.15, 0.2) is 9.84 Å². The van der Waals surface area contributed by atoms with Gasteiger partial charge in [-0.15, -0.1) is 0 Å². The third-order valence-electron chi connectivity index (χ3n) is 4.06. The Balaban J connectivity index is 1.87. The van der Waals surface area contributed by atoms with Crippen LogP contribution in [0.25, 0.3) is 0 Å². The largest absolute Gasteiger partial charge is 0.447 e. The second-order valence-corrected chi connectivity index (χ2v) is 8.23. The number of piperazine rings is 1. The fourth-order valence-electron chi connectivity index (χ4n) is 3.14. The third kappa shape index (κ3) is 3.24. The van der Waals surface area contributed by atoms with Crippen molar-refractivity contribution in [3.8, 4) is 0 Å². The maximum atomic E-state index is 12.3. The topological polar surface area (TPSA) is 92.7 Å². The molecule has 23 heavy (non-hydrogen) atoms. The van der Waals surface area contributed by atoms with Crippen molar-refractivity contribution in [2.24, 2.45) is 0 Å². The maximum Gasteiger partial charge on any atom is 0.410 e. The summed E-state index contributed by atoms with van der Waals surface area (Å²) in [5.74, 6) is 0.451. The van der Waals surface area contributed by atoms with Crippen LogP contribution in [0, 0.1) is 0 Å². The second kappa shape index (κ2) is 5.95. The van der Waals surface area contributed by atoms with Crippen molar-refractivity contribution in [1.29, 1.82) is 0 Å². The molecule has 3 rings (SSSR count). The van der Waals surface area contributed by atoms with E-state index in [9.17, 15) is 13.2 Å². The van der Waals surface area contributed by atoms with Crippen LogP contribution in [0.5, 0.6) is 0 Å². The van der Waals surface area contributed by atoms with Gasteiger partial charge in [0.25, 0.3) is 0 Å². The number of carbonyl (C=O) groups is 1. The number of anilines is 1. The Morgan fingerprint density at radius 3 is 2.52 bits per heavy atom. The fourth-order valence-corrected chi connectivity index (χ4v) is 5.12. The second-order valence-electron chi connectivity index (χ2n) is 6.08. The molecule has 2 saturated heterocycles. The van der Waals surface area contributed by atoms with Crippen LogP contribution >= 0.6 is 0 Å². The number of carbonyl (C=O) groups excluding carboxylic acids is 1. The molecule has 0 aromatic carbocycles. The number of ether oxygens (including phenoxy) is 1. The van der Waals surface area contributed by atoms with Gasteiger partial charge in [0.2, 0.25) is 5.95 Å². The quantitative estimate of drug-likeness (QED) is 0.765. The van der Waals surface area contributed by atoms with Crippen LogP contribution in [0.15, 0.2) is 18.5 Å². The molecule has 8 nitrogen and oxygen atoms in total. The summed E-state index contributed by atoms with van der Waals surface area (Å²) in [6.07, 6.45) is 2.55. The molecule has 126 valence electrons. The number of sulfone groups is 1. The molecule has 9 heteroatoms. The van der Waals surface area contributed by atoms with Crippen LogP contribution in [0.1, 0.15) is 13.8 Å². The molecule has 0 radical (unpaired) electrons. The van der Waals surface area contributed by atoms with Gasteiger partial charge in [-0.3, -0.25) is 0 Å². The first-order chi connectivity index (χ1) is 10.9. The van der Waals surface area contributed by atoms with Gasteiger partial charge in [-0.1, -0.05) is 0 Å². The summed E-state index contributed by atoms with van der Waals surface area (Å²) in [5, 5.41) is 0. The Bertz CT molecular complexity index is 679. The molecule has 0 aliphatic carbocycles. The van der Waals surface area contributed by atoms with E-state index >= 15 is 0 Å². The summed E-state index contributed by atoms with van der Waals surface area (Å²) in [6.45, 7) is 4.41. The predicted octanol–water partition coefficient (Wildman–Crippen LogP) is 0.309. The monoisotopic (exact) mass is 340 g/mol. The van der Waals surface area contributed by atoms with Crippen LogP contribution in [0.2, 0.25) is 0 Å². The van der Waals surface area contributed by atoms with Crippen LogP contribution in [0.4, 0.5) is 10.7 Å². The average Bonchev–Trinajstić information content (AvgIpc) is 2.81. The number of amides is 1. The minimum atomic E-state index is -3.21. The summed E-state index contributed by atoms with van der Waals surface area (Å²) >= 11 is 0. The van der Waals surface area contributed by atoms with Gasteiger partial charge in [0, 0.05) is 25.5 Å². The number of hydrogen-bond acceptors (Lipinski definition) is 7. The molecule has 1 aromatic heterocycles. The summed E-state index contributed by atoms with van der Waals surface area (Å²) in [7, 11) is -3.21. The Kier molecular flexibility index (Phi) is 4.13. The number of hydrogen-bond donors (Lipinski definition) is 0. The Morgan fingerprint density at radius 2 is 1.87 bits per heavy atom. The van der Waals surface area contributed by atoms with Gasteiger partial charge in [-0.2, -0.15) is 0 Å². The zero-order valence-corrected chi connectivity index (χ0v) is 13.9. The van der Waals surface area contributed by atoms with Gasteiger partial charge in [-0.25, -0.2) is 23.2 Å². The summed E-state index contributed by atoms with van der Waals surface area (Å²) in [5.41, 5.74) is 0. The lowest BCUT2D eigenvalue weighted by Crippen LogP contribution is -2.61. The van der Waals surface area contributed by atoms with E-state index in [4.69, 9.17) is 4.74 Å². The SMILES string of the molecule is CC(C)OC(=O)N1CCN(c2ncccn2)[C@@H]2CS(=O)(=O)C[C@@H]21. The van der Waals surface area contributed by atoms with E-state index in [0.717, 1.165) is 0 Å². The van der Waals surface area contributed by atoms with E-state index in [2.05, 4.69) is 9.97 Å². The van der Waals surface area contributed by atoms with E-state index in [1.165, 1.54) is 4.90 Å². The molecule has 3 heterocycles. The van der Waals surface area contributed by atoms with Crippen LogP contribution in [0.3, 0.4) is 0 Å². The van der Waals surface area contributed by atoms with Crippen molar-refractivity contribution in [1.82, 2.24) is 14.9 Å². The van der Waals surface area contributed by atoms with Gasteiger partial charge in [0.05, 0.1) is 29.7 Å². The molecule has 1 amide bonds. The minimum absolute atomic E-state index is 0.00137. The van der Waals surface area contributed by atoms with E-state index in [1.807, 2.05) is 4.90 Å². The average molecular weight is 340 g/mol. The van der Waals surface area contributed by atoms with Crippen molar-refractivity contribution in [3.05, 3.63) is 18.5 Å². The molecule has 0 N–H and O–H groups in total. The molecule has 2 fully saturated rings. The first-order valence-electron chi connectivity index (χ1n) is 7.59. The summed E-state index contributed by atoms with van der Waals surface area (Å²) < 4.78 is 29.5. The number of rotatable bonds is 2. The number of fused-ring (bicyclic) bond motifs is 1. The lowest BCUT2D eigenvalue weighted by atomic mass is 10.1. The molecule has 2 atom stereocenters. The minimum Gasteiger partial charge on any atom is -0.447 e. The number of nitrogens with zero attached hydrogens (tertiary/aromatic N) is 4. The van der Waals surface area contributed by atoms with E-state index in [1.54, 1.807) is 32.3 Å². The van der Waals surface area contributed by atoms with Crippen molar-refractivity contribution in [3.63, 3.8) is 0 Å². The van der Waals surface area contributed by atoms with Gasteiger partial charge in [0.1, 0.15) is 0 Å². The lowest BCUT2D eigenvalue weighted by Gasteiger charge is -2.43. The van der Waals surface area contributed by atoms with Crippen molar-refractivity contribution in [2.75, 3.05) is 29.5 Å². The van der Waals surface area contributed by atoms with Gasteiger partial charge < -0.3 is 14.5 Å². The molecule has 2 aliphatic heterocycles. The van der Waals surface area contributed by atoms with Gasteiger partial charge >= 0.3 is 6.09 Å². The standard InChI is InChI=1S/C14H20N4O4S/c1-10(2)22-14(19)18-7-6-17(13-15-4-3-5-16-13)11-8-23(20,21)9-12(11)18/h3-5,10-12H,6-9H2,1-2H3/t11-,12+/m1/s1. The smallest absolute Gasteiger partial charge is 0.410 e. The first kappa shape index (κ1) is 16.0. The van der Waals surface area contributed by atoms with E-state index in [0.29, 0.717) is 19.0 Å². The zero-order chi connectivity index (χ0) is 16.6. The third-order valence-corrected chi connectivity index (χ3v) is 5.75. The highest BCUT2D eigenvalue weighted by Gasteiger charge is 2.49. The molecular formula is C14H20N4O4S. The molecule has 1 aromatic rings. The van der Waals surface area contributed by atoms with E-state index in [-0.39, 0.29) is 23.7 Å². The molecule has 2 aliphatic rings. The summed E-state index contributed by atoms with van der Waals surface area (Å²) in [6, 6.07) is 0.947. The maximum absolute atomic E-state index is 12.3. The fraction of sp³-hybridized carbons (Fsp3) is 0.643. The van der Waals surface area contributed by atoms with Gasteiger partial charge in [-0.05, 0) is 19.9 Å². The van der Waals surface area contributed by atoms with Crippen molar-refractivity contribution in [2.45, 2.75) is 32.0 Å². The molecule has 0 saturated carbocycles. The number of aromatic nitrogens is 2. The zero-order valence-electron chi connectivity index (χ0n) is 13.1. The molecule has 0 bridgehead atoms. The van der Waals surface area contributed by atoms with Crippen LogP contribution < -0.4 is 4.90 Å². The Morgan fingerprint density at radius 1 is 1.22 bits per heavy atom. The normalized spacial score (nSPS) is 26.2. The molecular weight excluding hydrogens is 320 g/mol. The highest BCUT2D eigenvalue weighted by molar-refractivity contribution is 7.91. The lowest BCUT2D eigenvalue weighted by molar-refractivity contribution is 0.0583. The summed E-state index contributed by atoms with van der Waals surface area (Å²) in [4.78, 5) is 24.1. The first-order valence-corrected chi connectivity index (χ1v) is 9.41. The highest BCUT2D eigenvalue weighted by atomic mass is 32.2. The molecule has 0 spiro atoms. The highest BCUT2D eigenvalue weighted by Crippen LogP contribution is 2.29. The van der Waals surface area contributed by atoms with Crippen LogP contribution in [-0.2, 0) is 14.6 Å². The Labute approximate surface area is 135 Å². The van der Waals surface area contributed by atoms with Crippen molar-refractivity contribution < 1.29 is 17.9 Å². The van der Waals surface area contributed by atoms with Crippen LogP contribution in [-0.4, -0.2) is 72.2 Å². The Hall–Kier alpha value is -1.90. The van der Waals surface area contributed by atoms with Crippen molar-refractivity contribution >= 4 is 21.9 Å². The van der Waals surface area contributed by atoms with E-state index < -0.39 is 22.0 Å².